The number of nitrogens with one attached hydrogen (secondary N) is 1. The maximum atomic E-state index is 13.0. The van der Waals surface area contributed by atoms with Gasteiger partial charge in [0.25, 0.3) is 5.91 Å². The normalized spacial score (nSPS) is 11.4. The number of nitrogens with zero attached hydrogens (tertiary/aromatic N) is 1. The van der Waals surface area contributed by atoms with Gasteiger partial charge in [-0.15, -0.1) is 0 Å². The number of benzene rings is 2. The van der Waals surface area contributed by atoms with Crippen molar-refractivity contribution in [2.75, 3.05) is 5.32 Å². The van der Waals surface area contributed by atoms with E-state index >= 15 is 0 Å². The Bertz CT molecular complexity index is 928. The molecule has 0 unspecified atom stereocenters. The average molecular weight is 366 g/mol. The molecule has 3 aromatic rings. The number of amides is 1. The highest BCUT2D eigenvalue weighted by Gasteiger charge is 2.26. The SMILES string of the molecule is O=C(O[C@H](C(=O)Nc1ccc(F)cc1)c1ccccc1)c1cc[n+]([O-])cc1. The third-order valence-corrected chi connectivity index (χ3v) is 3.71. The van der Waals surface area contributed by atoms with E-state index in [9.17, 15) is 19.2 Å². The van der Waals surface area contributed by atoms with Gasteiger partial charge in [-0.3, -0.25) is 4.79 Å². The van der Waals surface area contributed by atoms with E-state index in [-0.39, 0.29) is 5.56 Å². The maximum Gasteiger partial charge on any atom is 0.339 e. The van der Waals surface area contributed by atoms with Crippen LogP contribution in [0, 0.1) is 11.0 Å². The second-order valence-electron chi connectivity index (χ2n) is 5.64. The highest BCUT2D eigenvalue weighted by Crippen LogP contribution is 2.21. The van der Waals surface area contributed by atoms with E-state index in [1.54, 1.807) is 30.3 Å². The third kappa shape index (κ3) is 4.66. The summed E-state index contributed by atoms with van der Waals surface area (Å²) in [4.78, 5) is 25.1. The molecule has 0 saturated heterocycles. The Kier molecular flexibility index (Phi) is 5.41. The van der Waals surface area contributed by atoms with Crippen LogP contribution >= 0.6 is 0 Å². The third-order valence-electron chi connectivity index (χ3n) is 3.71. The summed E-state index contributed by atoms with van der Waals surface area (Å²) in [6.45, 7) is 0. The number of hydrogen-bond donors (Lipinski definition) is 1. The zero-order valence-electron chi connectivity index (χ0n) is 14.0. The average Bonchev–Trinajstić information content (AvgIpc) is 2.69. The minimum absolute atomic E-state index is 0.137. The van der Waals surface area contributed by atoms with Crippen molar-refractivity contribution in [3.05, 3.63) is 101 Å². The van der Waals surface area contributed by atoms with E-state index in [2.05, 4.69) is 5.32 Å². The summed E-state index contributed by atoms with van der Waals surface area (Å²) in [5.74, 6) is -1.77. The van der Waals surface area contributed by atoms with Crippen LogP contribution in [0.25, 0.3) is 0 Å². The number of hydrogen-bond acceptors (Lipinski definition) is 4. The molecule has 0 spiro atoms. The fourth-order valence-corrected chi connectivity index (χ4v) is 2.37. The van der Waals surface area contributed by atoms with Gasteiger partial charge in [-0.1, -0.05) is 30.3 Å². The fraction of sp³-hybridized carbons (Fsp3) is 0.0500. The number of ether oxygens (including phenoxy) is 1. The number of halogens is 1. The molecule has 2 aromatic carbocycles. The number of carbonyl (C=O) groups is 2. The van der Waals surface area contributed by atoms with E-state index in [0.29, 0.717) is 16.0 Å². The van der Waals surface area contributed by atoms with Crippen LogP contribution < -0.4 is 10.0 Å². The number of rotatable bonds is 5. The van der Waals surface area contributed by atoms with Crippen LogP contribution in [0.3, 0.4) is 0 Å². The molecule has 0 radical (unpaired) electrons. The van der Waals surface area contributed by atoms with Gasteiger partial charge in [0.15, 0.2) is 12.4 Å². The van der Waals surface area contributed by atoms with E-state index in [0.717, 1.165) is 12.4 Å². The van der Waals surface area contributed by atoms with Gasteiger partial charge in [-0.2, -0.15) is 4.73 Å². The molecule has 0 aliphatic heterocycles. The molecule has 0 aliphatic rings. The van der Waals surface area contributed by atoms with Crippen LogP contribution in [0.4, 0.5) is 10.1 Å². The molecule has 1 amide bonds. The quantitative estimate of drug-likeness (QED) is 0.428. The topological polar surface area (TPSA) is 82.3 Å². The first kappa shape index (κ1) is 18.1. The van der Waals surface area contributed by atoms with Crippen molar-refractivity contribution < 1.29 is 23.4 Å². The molecule has 0 saturated carbocycles. The van der Waals surface area contributed by atoms with Crippen molar-refractivity contribution in [3.8, 4) is 0 Å². The minimum atomic E-state index is -1.22. The Morgan fingerprint density at radius 1 is 0.963 bits per heavy atom. The molecular formula is C20H15FN2O4. The zero-order valence-corrected chi connectivity index (χ0v) is 14.0. The van der Waals surface area contributed by atoms with E-state index in [4.69, 9.17) is 4.74 Å². The second-order valence-corrected chi connectivity index (χ2v) is 5.64. The number of esters is 1. The molecule has 3 rings (SSSR count). The Morgan fingerprint density at radius 3 is 2.22 bits per heavy atom. The van der Waals surface area contributed by atoms with Crippen LogP contribution in [0.2, 0.25) is 0 Å². The maximum absolute atomic E-state index is 13.0. The van der Waals surface area contributed by atoms with Gasteiger partial charge in [0, 0.05) is 23.4 Å². The van der Waals surface area contributed by atoms with Gasteiger partial charge in [0.1, 0.15) is 5.82 Å². The van der Waals surface area contributed by atoms with Crippen LogP contribution in [0.15, 0.2) is 79.1 Å². The lowest BCUT2D eigenvalue weighted by molar-refractivity contribution is -0.605. The monoisotopic (exact) mass is 366 g/mol. The van der Waals surface area contributed by atoms with Gasteiger partial charge in [-0.25, -0.2) is 9.18 Å². The first-order valence-electron chi connectivity index (χ1n) is 8.04. The van der Waals surface area contributed by atoms with Gasteiger partial charge >= 0.3 is 5.97 Å². The zero-order chi connectivity index (χ0) is 19.2. The van der Waals surface area contributed by atoms with E-state index < -0.39 is 23.8 Å². The Morgan fingerprint density at radius 2 is 1.59 bits per heavy atom. The molecule has 1 N–H and O–H groups in total. The van der Waals surface area contributed by atoms with Crippen molar-refractivity contribution >= 4 is 17.6 Å². The van der Waals surface area contributed by atoms with Crippen LogP contribution in [0.5, 0.6) is 0 Å². The summed E-state index contributed by atoms with van der Waals surface area (Å²) >= 11 is 0. The first-order valence-corrected chi connectivity index (χ1v) is 8.04. The van der Waals surface area contributed by atoms with Crippen LogP contribution in [-0.4, -0.2) is 11.9 Å². The van der Waals surface area contributed by atoms with Crippen LogP contribution in [-0.2, 0) is 9.53 Å². The first-order chi connectivity index (χ1) is 13.0. The number of pyridine rings is 1. The highest BCUT2D eigenvalue weighted by atomic mass is 19.1. The Labute approximate surface area is 154 Å². The lowest BCUT2D eigenvalue weighted by atomic mass is 10.1. The Hall–Kier alpha value is -3.74. The predicted molar refractivity (Wildman–Crippen MR) is 95.0 cm³/mol. The van der Waals surface area contributed by atoms with E-state index in [1.807, 2.05) is 0 Å². The molecule has 0 aliphatic carbocycles. The van der Waals surface area contributed by atoms with Gasteiger partial charge in [0.2, 0.25) is 6.10 Å². The summed E-state index contributed by atoms with van der Waals surface area (Å²) in [5, 5.41) is 13.7. The Balaban J connectivity index is 1.82. The lowest BCUT2D eigenvalue weighted by Gasteiger charge is -2.18. The molecule has 1 heterocycles. The standard InChI is InChI=1S/C20H15FN2O4/c21-16-6-8-17(9-7-16)22-19(24)18(14-4-2-1-3-5-14)27-20(25)15-10-12-23(26)13-11-15/h1-13,18H,(H,22,24)/t18-/m0/s1. The van der Waals surface area contributed by atoms with Crippen molar-refractivity contribution in [2.24, 2.45) is 0 Å². The summed E-state index contributed by atoms with van der Waals surface area (Å²) in [6, 6.07) is 16.3. The molecule has 0 fully saturated rings. The smallest absolute Gasteiger partial charge is 0.339 e. The van der Waals surface area contributed by atoms with Crippen molar-refractivity contribution in [1.29, 1.82) is 0 Å². The summed E-state index contributed by atoms with van der Waals surface area (Å²) < 4.78 is 18.9. The summed E-state index contributed by atoms with van der Waals surface area (Å²) in [7, 11) is 0. The fourth-order valence-electron chi connectivity index (χ4n) is 2.37. The lowest BCUT2D eigenvalue weighted by Crippen LogP contribution is -2.27. The molecule has 27 heavy (non-hydrogen) atoms. The second kappa shape index (κ2) is 8.09. The van der Waals surface area contributed by atoms with Crippen molar-refractivity contribution in [3.63, 3.8) is 0 Å². The molecular weight excluding hydrogens is 351 g/mol. The van der Waals surface area contributed by atoms with Gasteiger partial charge in [0.05, 0.1) is 5.56 Å². The van der Waals surface area contributed by atoms with Gasteiger partial charge in [-0.05, 0) is 24.3 Å². The van der Waals surface area contributed by atoms with Crippen LogP contribution in [0.1, 0.15) is 22.0 Å². The van der Waals surface area contributed by atoms with Crippen molar-refractivity contribution in [2.45, 2.75) is 6.10 Å². The van der Waals surface area contributed by atoms with E-state index in [1.165, 1.54) is 36.4 Å². The molecule has 0 bridgehead atoms. The molecule has 1 atom stereocenters. The number of carbonyl (C=O) groups excluding carboxylic acids is 2. The molecule has 7 heteroatoms. The number of anilines is 1. The van der Waals surface area contributed by atoms with Crippen molar-refractivity contribution in [1.82, 2.24) is 0 Å². The minimum Gasteiger partial charge on any atom is -0.619 e. The molecule has 1 aromatic heterocycles. The number of aromatic nitrogens is 1. The molecule has 136 valence electrons. The summed E-state index contributed by atoms with van der Waals surface area (Å²) in [5.41, 5.74) is 0.975. The summed E-state index contributed by atoms with van der Waals surface area (Å²) in [6.07, 6.45) is 1.10. The molecule has 6 nitrogen and oxygen atoms in total. The van der Waals surface area contributed by atoms with Gasteiger partial charge < -0.3 is 15.3 Å². The predicted octanol–water partition coefficient (Wildman–Crippen LogP) is 3.00. The largest absolute Gasteiger partial charge is 0.619 e. The highest BCUT2D eigenvalue weighted by molar-refractivity contribution is 5.98.